The molecular formula is C15H10ClIN2O. The second-order valence-corrected chi connectivity index (χ2v) is 5.80. The van der Waals surface area contributed by atoms with E-state index in [1.807, 2.05) is 42.5 Å². The van der Waals surface area contributed by atoms with E-state index in [-0.39, 0.29) is 0 Å². The van der Waals surface area contributed by atoms with Crippen LogP contribution in [0.25, 0.3) is 22.3 Å². The SMILES string of the molecule is COc1ccccc1-c1nc(Cl)c2cc(I)ccc2n1. The number of para-hydroxylation sites is 1. The lowest BCUT2D eigenvalue weighted by Gasteiger charge is -2.08. The summed E-state index contributed by atoms with van der Waals surface area (Å²) in [4.78, 5) is 8.97. The third kappa shape index (κ3) is 2.45. The number of hydrogen-bond acceptors (Lipinski definition) is 3. The van der Waals surface area contributed by atoms with E-state index in [1.54, 1.807) is 7.11 Å². The predicted molar refractivity (Wildman–Crippen MR) is 89.3 cm³/mol. The van der Waals surface area contributed by atoms with Crippen molar-refractivity contribution in [2.75, 3.05) is 7.11 Å². The van der Waals surface area contributed by atoms with Crippen molar-refractivity contribution >= 4 is 45.1 Å². The van der Waals surface area contributed by atoms with Crippen molar-refractivity contribution in [3.05, 3.63) is 51.2 Å². The molecule has 1 heterocycles. The fraction of sp³-hybridized carbons (Fsp3) is 0.0667. The molecule has 1 aromatic heterocycles. The van der Waals surface area contributed by atoms with Crippen molar-refractivity contribution in [3.63, 3.8) is 0 Å². The standard InChI is InChI=1S/C15H10ClIN2O/c1-20-13-5-3-2-4-10(13)15-18-12-7-6-9(17)8-11(12)14(16)19-15/h2-8H,1H3. The third-order valence-corrected chi connectivity index (χ3v) is 3.92. The number of fused-ring (bicyclic) bond motifs is 1. The van der Waals surface area contributed by atoms with Crippen LogP contribution < -0.4 is 4.74 Å². The van der Waals surface area contributed by atoms with Gasteiger partial charge in [-0.2, -0.15) is 0 Å². The van der Waals surface area contributed by atoms with Gasteiger partial charge < -0.3 is 4.74 Å². The first kappa shape index (κ1) is 13.6. The van der Waals surface area contributed by atoms with Crippen molar-refractivity contribution in [2.24, 2.45) is 0 Å². The Bertz CT molecular complexity index is 792. The molecule has 0 atom stereocenters. The molecular weight excluding hydrogens is 387 g/mol. The van der Waals surface area contributed by atoms with Gasteiger partial charge >= 0.3 is 0 Å². The molecule has 0 amide bonds. The average molecular weight is 397 g/mol. The van der Waals surface area contributed by atoms with E-state index in [2.05, 4.69) is 32.6 Å². The fourth-order valence-corrected chi connectivity index (χ4v) is 2.74. The average Bonchev–Trinajstić information content (AvgIpc) is 2.47. The summed E-state index contributed by atoms with van der Waals surface area (Å²) in [6.45, 7) is 0. The lowest BCUT2D eigenvalue weighted by Crippen LogP contribution is -1.95. The van der Waals surface area contributed by atoms with Crippen LogP contribution in [0.4, 0.5) is 0 Å². The number of benzene rings is 2. The number of nitrogens with zero attached hydrogens (tertiary/aromatic N) is 2. The summed E-state index contributed by atoms with van der Waals surface area (Å²) < 4.78 is 6.45. The summed E-state index contributed by atoms with van der Waals surface area (Å²) in [6.07, 6.45) is 0. The van der Waals surface area contributed by atoms with Gasteiger partial charge in [-0.25, -0.2) is 9.97 Å². The van der Waals surface area contributed by atoms with Gasteiger partial charge in [0, 0.05) is 8.96 Å². The highest BCUT2D eigenvalue weighted by Crippen LogP contribution is 2.30. The van der Waals surface area contributed by atoms with Crippen LogP contribution in [0.5, 0.6) is 5.75 Å². The normalized spacial score (nSPS) is 10.8. The number of methoxy groups -OCH3 is 1. The topological polar surface area (TPSA) is 35.0 Å². The van der Waals surface area contributed by atoms with Gasteiger partial charge in [0.2, 0.25) is 0 Å². The van der Waals surface area contributed by atoms with Crippen molar-refractivity contribution < 1.29 is 4.74 Å². The Morgan fingerprint density at radius 3 is 2.70 bits per heavy atom. The Morgan fingerprint density at radius 1 is 1.10 bits per heavy atom. The minimum atomic E-state index is 0.453. The van der Waals surface area contributed by atoms with Crippen LogP contribution in [0.15, 0.2) is 42.5 Å². The van der Waals surface area contributed by atoms with Gasteiger partial charge in [-0.05, 0) is 52.9 Å². The number of hydrogen-bond donors (Lipinski definition) is 0. The van der Waals surface area contributed by atoms with E-state index in [9.17, 15) is 0 Å². The molecule has 0 N–H and O–H groups in total. The molecule has 3 aromatic rings. The first-order chi connectivity index (χ1) is 9.69. The van der Waals surface area contributed by atoms with Gasteiger partial charge in [0.25, 0.3) is 0 Å². The fourth-order valence-electron chi connectivity index (χ4n) is 2.01. The van der Waals surface area contributed by atoms with Gasteiger partial charge in [0.15, 0.2) is 5.82 Å². The van der Waals surface area contributed by atoms with Crippen LogP contribution >= 0.6 is 34.2 Å². The summed E-state index contributed by atoms with van der Waals surface area (Å²) >= 11 is 8.53. The zero-order valence-electron chi connectivity index (χ0n) is 10.6. The lowest BCUT2D eigenvalue weighted by atomic mass is 10.1. The third-order valence-electron chi connectivity index (χ3n) is 2.96. The molecule has 2 aromatic carbocycles. The molecule has 0 aliphatic carbocycles. The zero-order valence-corrected chi connectivity index (χ0v) is 13.5. The quantitative estimate of drug-likeness (QED) is 0.470. The maximum absolute atomic E-state index is 6.28. The summed E-state index contributed by atoms with van der Waals surface area (Å²) in [5.74, 6) is 1.30. The second-order valence-electron chi connectivity index (χ2n) is 4.20. The maximum atomic E-state index is 6.28. The maximum Gasteiger partial charge on any atom is 0.165 e. The van der Waals surface area contributed by atoms with Crippen LogP contribution in [0, 0.1) is 3.57 Å². The Labute approximate surface area is 135 Å². The minimum Gasteiger partial charge on any atom is -0.496 e. The molecule has 20 heavy (non-hydrogen) atoms. The molecule has 3 nitrogen and oxygen atoms in total. The number of halogens is 2. The molecule has 0 aliphatic rings. The van der Waals surface area contributed by atoms with Crippen LogP contribution in [0.3, 0.4) is 0 Å². The van der Waals surface area contributed by atoms with Crippen molar-refractivity contribution in [2.45, 2.75) is 0 Å². The number of ether oxygens (including phenoxy) is 1. The first-order valence-electron chi connectivity index (χ1n) is 5.95. The van der Waals surface area contributed by atoms with Crippen LogP contribution in [-0.2, 0) is 0 Å². The summed E-state index contributed by atoms with van der Waals surface area (Å²) in [6, 6.07) is 13.6. The largest absolute Gasteiger partial charge is 0.496 e. The monoisotopic (exact) mass is 396 g/mol. The van der Waals surface area contributed by atoms with Crippen molar-refractivity contribution in [3.8, 4) is 17.1 Å². The van der Waals surface area contributed by atoms with Crippen molar-refractivity contribution in [1.29, 1.82) is 0 Å². The molecule has 100 valence electrons. The second kappa shape index (κ2) is 5.54. The van der Waals surface area contributed by atoms with Crippen LogP contribution in [-0.4, -0.2) is 17.1 Å². The van der Waals surface area contributed by atoms with E-state index < -0.39 is 0 Å². The molecule has 0 bridgehead atoms. The van der Waals surface area contributed by atoms with E-state index >= 15 is 0 Å². The van der Waals surface area contributed by atoms with Crippen molar-refractivity contribution in [1.82, 2.24) is 9.97 Å². The molecule has 0 saturated heterocycles. The van der Waals surface area contributed by atoms with Gasteiger partial charge in [0.05, 0.1) is 18.2 Å². The van der Waals surface area contributed by atoms with Crippen LogP contribution in [0.1, 0.15) is 0 Å². The molecule has 0 fully saturated rings. The van der Waals surface area contributed by atoms with Gasteiger partial charge in [0.1, 0.15) is 10.9 Å². The number of aromatic nitrogens is 2. The predicted octanol–water partition coefficient (Wildman–Crippen LogP) is 4.56. The van der Waals surface area contributed by atoms with E-state index in [1.165, 1.54) is 0 Å². The first-order valence-corrected chi connectivity index (χ1v) is 7.41. The Balaban J connectivity index is 2.25. The highest BCUT2D eigenvalue weighted by Gasteiger charge is 2.11. The highest BCUT2D eigenvalue weighted by atomic mass is 127. The summed E-state index contributed by atoms with van der Waals surface area (Å²) in [5, 5.41) is 1.31. The molecule has 0 aliphatic heterocycles. The van der Waals surface area contributed by atoms with E-state index in [0.29, 0.717) is 11.0 Å². The van der Waals surface area contributed by atoms with Gasteiger partial charge in [-0.3, -0.25) is 0 Å². The molecule has 3 rings (SSSR count). The highest BCUT2D eigenvalue weighted by molar-refractivity contribution is 14.1. The zero-order chi connectivity index (χ0) is 14.1. The van der Waals surface area contributed by atoms with Crippen LogP contribution in [0.2, 0.25) is 5.15 Å². The van der Waals surface area contributed by atoms with Gasteiger partial charge in [-0.15, -0.1) is 0 Å². The molecule has 5 heteroatoms. The Morgan fingerprint density at radius 2 is 1.90 bits per heavy atom. The Kier molecular flexibility index (Phi) is 3.76. The van der Waals surface area contributed by atoms with E-state index in [0.717, 1.165) is 25.8 Å². The molecule has 0 unspecified atom stereocenters. The summed E-state index contributed by atoms with van der Waals surface area (Å²) in [5.41, 5.74) is 1.66. The molecule has 0 radical (unpaired) electrons. The van der Waals surface area contributed by atoms with Gasteiger partial charge in [-0.1, -0.05) is 23.7 Å². The smallest absolute Gasteiger partial charge is 0.165 e. The minimum absolute atomic E-state index is 0.453. The number of rotatable bonds is 2. The van der Waals surface area contributed by atoms with E-state index in [4.69, 9.17) is 16.3 Å². The summed E-state index contributed by atoms with van der Waals surface area (Å²) in [7, 11) is 1.63. The molecule has 0 spiro atoms. The Hall–Kier alpha value is -1.40. The lowest BCUT2D eigenvalue weighted by molar-refractivity contribution is 0.416. The molecule has 0 saturated carbocycles.